The quantitative estimate of drug-likeness (QED) is 0.601. The van der Waals surface area contributed by atoms with E-state index in [2.05, 4.69) is 22.5 Å². The Morgan fingerprint density at radius 3 is 2.47 bits per heavy atom. The fourth-order valence-corrected chi connectivity index (χ4v) is 3.00. The highest BCUT2D eigenvalue weighted by Gasteiger charge is 2.19. The lowest BCUT2D eigenvalue weighted by atomic mass is 10.2. The molecular formula is C14H29N3OS. The normalized spacial score (nSPS) is 19.5. The van der Waals surface area contributed by atoms with E-state index >= 15 is 0 Å². The molecule has 4 nitrogen and oxygen atoms in total. The van der Waals surface area contributed by atoms with Crippen molar-refractivity contribution >= 4 is 16.8 Å². The van der Waals surface area contributed by atoms with Crippen LogP contribution >= 0.6 is 0 Å². The Labute approximate surface area is 120 Å². The Balaban J connectivity index is 2.41. The molecule has 0 radical (unpaired) electrons. The van der Waals surface area contributed by atoms with Crippen molar-refractivity contribution in [1.82, 2.24) is 10.6 Å². The molecule has 0 aromatic carbocycles. The molecule has 112 valence electrons. The molecular weight excluding hydrogens is 258 g/mol. The molecule has 1 fully saturated rings. The van der Waals surface area contributed by atoms with Crippen LogP contribution in [0.3, 0.4) is 0 Å². The third kappa shape index (κ3) is 6.41. The SMILES string of the molecule is CCNC(=NCCS(=O)C(C)(C)C)NC1CCCC1. The maximum Gasteiger partial charge on any atom is 0.191 e. The second-order valence-electron chi connectivity index (χ2n) is 6.05. The van der Waals surface area contributed by atoms with Gasteiger partial charge in [-0.15, -0.1) is 0 Å². The first-order valence-electron chi connectivity index (χ1n) is 7.37. The lowest BCUT2D eigenvalue weighted by Crippen LogP contribution is -2.42. The van der Waals surface area contributed by atoms with E-state index in [0.717, 1.165) is 12.5 Å². The first kappa shape index (κ1) is 16.5. The number of rotatable bonds is 5. The van der Waals surface area contributed by atoms with Crippen LogP contribution in [0.15, 0.2) is 4.99 Å². The van der Waals surface area contributed by atoms with E-state index < -0.39 is 10.8 Å². The van der Waals surface area contributed by atoms with Crippen LogP contribution in [0.25, 0.3) is 0 Å². The monoisotopic (exact) mass is 287 g/mol. The fraction of sp³-hybridized carbons (Fsp3) is 0.929. The van der Waals surface area contributed by atoms with E-state index in [1.165, 1.54) is 25.7 Å². The molecule has 1 aliphatic rings. The van der Waals surface area contributed by atoms with Crippen molar-refractivity contribution in [1.29, 1.82) is 0 Å². The van der Waals surface area contributed by atoms with E-state index in [1.807, 2.05) is 20.8 Å². The van der Waals surface area contributed by atoms with Gasteiger partial charge in [-0.25, -0.2) is 0 Å². The molecule has 1 unspecified atom stereocenters. The van der Waals surface area contributed by atoms with Crippen LogP contribution in [0, 0.1) is 0 Å². The lowest BCUT2D eigenvalue weighted by molar-refractivity contribution is 0.614. The van der Waals surface area contributed by atoms with E-state index in [9.17, 15) is 4.21 Å². The van der Waals surface area contributed by atoms with E-state index in [1.54, 1.807) is 0 Å². The number of hydrogen-bond donors (Lipinski definition) is 2. The van der Waals surface area contributed by atoms with Crippen molar-refractivity contribution in [3.63, 3.8) is 0 Å². The Bertz CT molecular complexity index is 317. The third-order valence-electron chi connectivity index (χ3n) is 3.27. The standard InChI is InChI=1S/C14H29N3OS/c1-5-15-13(17-12-8-6-7-9-12)16-10-11-19(18)14(2,3)4/h12H,5-11H2,1-4H3,(H2,15,16,17). The largest absolute Gasteiger partial charge is 0.357 e. The summed E-state index contributed by atoms with van der Waals surface area (Å²) in [6.45, 7) is 9.57. The molecule has 5 heteroatoms. The highest BCUT2D eigenvalue weighted by Crippen LogP contribution is 2.17. The van der Waals surface area contributed by atoms with Gasteiger partial charge in [0.2, 0.25) is 0 Å². The zero-order valence-corrected chi connectivity index (χ0v) is 13.6. The van der Waals surface area contributed by atoms with Gasteiger partial charge in [-0.3, -0.25) is 9.20 Å². The van der Waals surface area contributed by atoms with Gasteiger partial charge in [0.05, 0.1) is 6.54 Å². The number of nitrogens with zero attached hydrogens (tertiary/aromatic N) is 1. The second-order valence-corrected chi connectivity index (χ2v) is 8.37. The molecule has 2 N–H and O–H groups in total. The minimum atomic E-state index is -0.824. The van der Waals surface area contributed by atoms with Crippen LogP contribution in [0.5, 0.6) is 0 Å². The van der Waals surface area contributed by atoms with Crippen LogP contribution in [0.4, 0.5) is 0 Å². The van der Waals surface area contributed by atoms with Gasteiger partial charge < -0.3 is 10.6 Å². The fourth-order valence-electron chi connectivity index (χ4n) is 2.13. The number of hydrogen-bond acceptors (Lipinski definition) is 2. The molecule has 0 bridgehead atoms. The molecule has 1 aliphatic carbocycles. The van der Waals surface area contributed by atoms with Crippen LogP contribution < -0.4 is 10.6 Å². The summed E-state index contributed by atoms with van der Waals surface area (Å²) >= 11 is 0. The topological polar surface area (TPSA) is 53.5 Å². The van der Waals surface area contributed by atoms with Gasteiger partial charge in [0, 0.05) is 33.9 Å². The summed E-state index contributed by atoms with van der Waals surface area (Å²) in [5.74, 6) is 1.50. The van der Waals surface area contributed by atoms with Crippen molar-refractivity contribution in [3.8, 4) is 0 Å². The molecule has 1 saturated carbocycles. The lowest BCUT2D eigenvalue weighted by Gasteiger charge is -2.18. The van der Waals surface area contributed by atoms with Gasteiger partial charge in [0.1, 0.15) is 0 Å². The minimum absolute atomic E-state index is 0.146. The predicted molar refractivity (Wildman–Crippen MR) is 84.1 cm³/mol. The van der Waals surface area contributed by atoms with Crippen molar-refractivity contribution in [2.45, 2.75) is 64.2 Å². The first-order chi connectivity index (χ1) is 8.93. The minimum Gasteiger partial charge on any atom is -0.357 e. The summed E-state index contributed by atoms with van der Waals surface area (Å²) in [6.07, 6.45) is 5.09. The molecule has 0 amide bonds. The molecule has 0 aromatic rings. The van der Waals surface area contributed by atoms with Gasteiger partial charge >= 0.3 is 0 Å². The molecule has 0 spiro atoms. The van der Waals surface area contributed by atoms with Crippen LogP contribution in [-0.2, 0) is 10.8 Å². The second kappa shape index (κ2) is 7.88. The maximum absolute atomic E-state index is 11.9. The summed E-state index contributed by atoms with van der Waals surface area (Å²) in [4.78, 5) is 4.53. The van der Waals surface area contributed by atoms with Gasteiger partial charge in [-0.2, -0.15) is 0 Å². The Morgan fingerprint density at radius 2 is 1.95 bits per heavy atom. The highest BCUT2D eigenvalue weighted by atomic mass is 32.2. The summed E-state index contributed by atoms with van der Waals surface area (Å²) in [6, 6.07) is 0.561. The van der Waals surface area contributed by atoms with E-state index in [0.29, 0.717) is 18.3 Å². The van der Waals surface area contributed by atoms with Gasteiger partial charge in [-0.1, -0.05) is 12.8 Å². The number of aliphatic imine (C=N–C) groups is 1. The third-order valence-corrected chi connectivity index (χ3v) is 5.19. The smallest absolute Gasteiger partial charge is 0.191 e. The molecule has 0 aromatic heterocycles. The Morgan fingerprint density at radius 1 is 1.32 bits per heavy atom. The molecule has 19 heavy (non-hydrogen) atoms. The van der Waals surface area contributed by atoms with Crippen molar-refractivity contribution in [2.75, 3.05) is 18.8 Å². The first-order valence-corrected chi connectivity index (χ1v) is 8.68. The van der Waals surface area contributed by atoms with Crippen molar-refractivity contribution < 1.29 is 4.21 Å². The van der Waals surface area contributed by atoms with E-state index in [4.69, 9.17) is 0 Å². The van der Waals surface area contributed by atoms with E-state index in [-0.39, 0.29) is 4.75 Å². The van der Waals surface area contributed by atoms with Gasteiger partial charge in [-0.05, 0) is 40.5 Å². The average molecular weight is 287 g/mol. The molecule has 0 saturated heterocycles. The average Bonchev–Trinajstić information content (AvgIpc) is 2.80. The maximum atomic E-state index is 11.9. The van der Waals surface area contributed by atoms with Gasteiger partial charge in [0.25, 0.3) is 0 Å². The van der Waals surface area contributed by atoms with Crippen LogP contribution in [-0.4, -0.2) is 39.8 Å². The zero-order chi connectivity index (χ0) is 14.3. The highest BCUT2D eigenvalue weighted by molar-refractivity contribution is 7.86. The van der Waals surface area contributed by atoms with Crippen molar-refractivity contribution in [3.05, 3.63) is 0 Å². The predicted octanol–water partition coefficient (Wildman–Crippen LogP) is 2.03. The summed E-state index contributed by atoms with van der Waals surface area (Å²) < 4.78 is 11.8. The molecule has 1 atom stereocenters. The zero-order valence-electron chi connectivity index (χ0n) is 12.8. The summed E-state index contributed by atoms with van der Waals surface area (Å²) in [5.41, 5.74) is 0. The molecule has 0 aliphatic heterocycles. The molecule has 1 rings (SSSR count). The summed E-state index contributed by atoms with van der Waals surface area (Å²) in [7, 11) is -0.824. The Kier molecular flexibility index (Phi) is 6.83. The van der Waals surface area contributed by atoms with Crippen LogP contribution in [0.1, 0.15) is 53.4 Å². The van der Waals surface area contributed by atoms with Crippen LogP contribution in [0.2, 0.25) is 0 Å². The number of guanidine groups is 1. The molecule has 0 heterocycles. The van der Waals surface area contributed by atoms with Gasteiger partial charge in [0.15, 0.2) is 5.96 Å². The van der Waals surface area contributed by atoms with Crippen molar-refractivity contribution in [2.24, 2.45) is 4.99 Å². The summed E-state index contributed by atoms with van der Waals surface area (Å²) in [5, 5.41) is 6.73. The number of nitrogens with one attached hydrogen (secondary N) is 2. The Hall–Kier alpha value is -0.580.